The van der Waals surface area contributed by atoms with Crippen molar-refractivity contribution < 1.29 is 19.7 Å². The molecule has 2 aromatic rings. The Labute approximate surface area is 152 Å². The van der Waals surface area contributed by atoms with Crippen LogP contribution in [0.25, 0.3) is 10.9 Å². The van der Waals surface area contributed by atoms with Crippen LogP contribution in [0.2, 0.25) is 0 Å². The number of aliphatic hydroxyl groups is 1. The van der Waals surface area contributed by atoms with Crippen molar-refractivity contribution in [1.82, 2.24) is 14.7 Å². The summed E-state index contributed by atoms with van der Waals surface area (Å²) in [5, 5.41) is 25.3. The molecule has 140 valence electrons. The monoisotopic (exact) mass is 359 g/mol. The van der Waals surface area contributed by atoms with Crippen LogP contribution in [-0.4, -0.2) is 56.8 Å². The van der Waals surface area contributed by atoms with Gasteiger partial charge in [0.2, 0.25) is 0 Å². The molecule has 0 aliphatic carbocycles. The zero-order chi connectivity index (χ0) is 18.3. The Balaban J connectivity index is 1.67. The number of fused-ring (bicyclic) bond motifs is 1. The second-order valence-electron chi connectivity index (χ2n) is 7.37. The predicted octanol–water partition coefficient (Wildman–Crippen LogP) is 2.87. The fourth-order valence-corrected chi connectivity index (χ4v) is 4.24. The highest BCUT2D eigenvalue weighted by molar-refractivity contribution is 5.81. The molecule has 0 bridgehead atoms. The van der Waals surface area contributed by atoms with Gasteiger partial charge in [-0.2, -0.15) is 5.10 Å². The molecule has 0 radical (unpaired) electrons. The number of aromatic nitrogens is 2. The van der Waals surface area contributed by atoms with Gasteiger partial charge in [0, 0.05) is 24.5 Å². The molecule has 1 aromatic carbocycles. The lowest BCUT2D eigenvalue weighted by Gasteiger charge is -2.35. The first-order valence-electron chi connectivity index (χ1n) is 9.30. The molecular weight excluding hydrogens is 334 g/mol. The maximum absolute atomic E-state index is 11.2. The summed E-state index contributed by atoms with van der Waals surface area (Å²) in [6.45, 7) is 3.40. The number of aliphatic hydroxyl groups excluding tert-OH is 1. The average Bonchev–Trinajstić information content (AvgIpc) is 3.04. The van der Waals surface area contributed by atoms with Gasteiger partial charge < -0.3 is 19.8 Å². The molecule has 2 saturated heterocycles. The van der Waals surface area contributed by atoms with E-state index >= 15 is 0 Å². The third kappa shape index (κ3) is 3.05. The average molecular weight is 359 g/mol. The Bertz CT molecular complexity index is 812. The second kappa shape index (κ2) is 6.89. The summed E-state index contributed by atoms with van der Waals surface area (Å²) in [6.07, 6.45) is 3.98. The molecule has 1 aromatic heterocycles. The molecule has 1 amide bonds. The first kappa shape index (κ1) is 17.3. The van der Waals surface area contributed by atoms with Gasteiger partial charge in [-0.05, 0) is 55.9 Å². The van der Waals surface area contributed by atoms with Gasteiger partial charge in [-0.1, -0.05) is 0 Å². The highest BCUT2D eigenvalue weighted by atomic mass is 16.5. The number of β-amino-alcohol motifs (C(OH)–C–C–N with tert-alkyl or cyclic N) is 1. The Morgan fingerprint density at radius 1 is 1.31 bits per heavy atom. The highest BCUT2D eigenvalue weighted by Crippen LogP contribution is 2.34. The Morgan fingerprint density at radius 2 is 2.15 bits per heavy atom. The van der Waals surface area contributed by atoms with Gasteiger partial charge in [-0.15, -0.1) is 0 Å². The number of nitrogens with zero attached hydrogens (tertiary/aromatic N) is 3. The summed E-state index contributed by atoms with van der Waals surface area (Å²) in [5.74, 6) is -0.0642. The predicted molar refractivity (Wildman–Crippen MR) is 96.3 cm³/mol. The Hall–Kier alpha value is -2.12. The number of amides is 1. The number of piperidine rings is 1. The first-order valence-corrected chi connectivity index (χ1v) is 9.30. The normalized spacial score (nSPS) is 27.0. The van der Waals surface area contributed by atoms with Crippen molar-refractivity contribution in [1.29, 1.82) is 0 Å². The zero-order valence-corrected chi connectivity index (χ0v) is 15.0. The zero-order valence-electron chi connectivity index (χ0n) is 15.0. The van der Waals surface area contributed by atoms with Gasteiger partial charge in [-0.25, -0.2) is 9.48 Å². The van der Waals surface area contributed by atoms with E-state index in [1.54, 1.807) is 0 Å². The van der Waals surface area contributed by atoms with Crippen molar-refractivity contribution in [2.24, 2.45) is 0 Å². The molecule has 2 aliphatic rings. The van der Waals surface area contributed by atoms with Gasteiger partial charge in [0.25, 0.3) is 0 Å². The van der Waals surface area contributed by atoms with Crippen LogP contribution >= 0.6 is 0 Å². The Morgan fingerprint density at radius 3 is 2.85 bits per heavy atom. The summed E-state index contributed by atoms with van der Waals surface area (Å²) >= 11 is 0. The van der Waals surface area contributed by atoms with Crippen molar-refractivity contribution >= 4 is 17.0 Å². The number of rotatable bonds is 2. The quantitative estimate of drug-likeness (QED) is 0.861. The van der Waals surface area contributed by atoms with Crippen LogP contribution < -0.4 is 0 Å². The van der Waals surface area contributed by atoms with Crippen LogP contribution in [-0.2, 0) is 4.74 Å². The molecule has 3 unspecified atom stereocenters. The third-order valence-corrected chi connectivity index (χ3v) is 5.66. The summed E-state index contributed by atoms with van der Waals surface area (Å²) in [7, 11) is 0. The van der Waals surface area contributed by atoms with Crippen molar-refractivity contribution in [2.45, 2.75) is 50.9 Å². The van der Waals surface area contributed by atoms with Crippen molar-refractivity contribution in [2.75, 3.05) is 19.7 Å². The molecule has 2 N–H and O–H groups in total. The number of benzene rings is 1. The smallest absolute Gasteiger partial charge is 0.407 e. The van der Waals surface area contributed by atoms with E-state index in [0.29, 0.717) is 13.0 Å². The molecule has 3 heterocycles. The van der Waals surface area contributed by atoms with Crippen LogP contribution in [0.5, 0.6) is 0 Å². The van der Waals surface area contributed by atoms with Crippen molar-refractivity contribution in [3.8, 4) is 0 Å². The van der Waals surface area contributed by atoms with Crippen molar-refractivity contribution in [3.05, 3.63) is 29.5 Å². The molecule has 2 aliphatic heterocycles. The van der Waals surface area contributed by atoms with E-state index in [9.17, 15) is 9.90 Å². The Kier molecular flexibility index (Phi) is 4.58. The number of aryl methyl sites for hydroxylation is 1. The van der Waals surface area contributed by atoms with Gasteiger partial charge in [0.15, 0.2) is 6.23 Å². The van der Waals surface area contributed by atoms with Gasteiger partial charge in [0.1, 0.15) is 0 Å². The van der Waals surface area contributed by atoms with E-state index in [4.69, 9.17) is 9.84 Å². The minimum atomic E-state index is -0.970. The van der Waals surface area contributed by atoms with E-state index in [1.165, 1.54) is 4.90 Å². The largest absolute Gasteiger partial charge is 0.465 e. The van der Waals surface area contributed by atoms with Crippen molar-refractivity contribution in [3.63, 3.8) is 0 Å². The van der Waals surface area contributed by atoms with Gasteiger partial charge in [-0.3, -0.25) is 0 Å². The summed E-state index contributed by atoms with van der Waals surface area (Å²) in [5.41, 5.74) is 3.20. The van der Waals surface area contributed by atoms with Crippen LogP contribution in [0.3, 0.4) is 0 Å². The van der Waals surface area contributed by atoms with Crippen LogP contribution in [0, 0.1) is 6.92 Å². The lowest BCUT2D eigenvalue weighted by atomic mass is 9.84. The fourth-order valence-electron chi connectivity index (χ4n) is 4.24. The second-order valence-corrected chi connectivity index (χ2v) is 7.37. The van der Waals surface area contributed by atoms with Gasteiger partial charge >= 0.3 is 6.09 Å². The summed E-state index contributed by atoms with van der Waals surface area (Å²) in [4.78, 5) is 12.4. The first-order chi connectivity index (χ1) is 12.5. The standard InChI is InChI=1S/C19H25N3O4/c1-12-8-13-10-20-22(18-4-2-3-7-26-18)16(13)9-15(12)14-5-6-21(19(24)25)11-17(14)23/h8-10,14,17-18,23H,2-7,11H2,1H3,(H,24,25). The minimum Gasteiger partial charge on any atom is -0.465 e. The molecule has 0 saturated carbocycles. The maximum Gasteiger partial charge on any atom is 0.407 e. The number of hydrogen-bond donors (Lipinski definition) is 2. The fraction of sp³-hybridized carbons (Fsp3) is 0.579. The molecule has 2 fully saturated rings. The molecule has 7 heteroatoms. The summed E-state index contributed by atoms with van der Waals surface area (Å²) in [6, 6.07) is 4.22. The van der Waals surface area contributed by atoms with E-state index in [1.807, 2.05) is 17.8 Å². The topological polar surface area (TPSA) is 87.8 Å². The van der Waals surface area contributed by atoms with Crippen LogP contribution in [0.4, 0.5) is 4.79 Å². The number of likely N-dealkylation sites (tertiary alicyclic amines) is 1. The number of carbonyl (C=O) groups is 1. The highest BCUT2D eigenvalue weighted by Gasteiger charge is 2.32. The molecule has 0 spiro atoms. The van der Waals surface area contributed by atoms with E-state index in [0.717, 1.165) is 47.9 Å². The molecule has 3 atom stereocenters. The lowest BCUT2D eigenvalue weighted by molar-refractivity contribution is -0.0366. The van der Waals surface area contributed by atoms with Gasteiger partial charge in [0.05, 0.1) is 24.4 Å². The third-order valence-electron chi connectivity index (χ3n) is 5.66. The van der Waals surface area contributed by atoms with Crippen LogP contribution in [0.1, 0.15) is 49.0 Å². The lowest BCUT2D eigenvalue weighted by Crippen LogP contribution is -2.45. The van der Waals surface area contributed by atoms with E-state index in [-0.39, 0.29) is 18.7 Å². The van der Waals surface area contributed by atoms with E-state index < -0.39 is 12.2 Å². The number of carboxylic acid groups (broad SMARTS) is 1. The molecular formula is C19H25N3O4. The maximum atomic E-state index is 11.2. The molecule has 7 nitrogen and oxygen atoms in total. The van der Waals surface area contributed by atoms with Crippen LogP contribution in [0.15, 0.2) is 18.3 Å². The van der Waals surface area contributed by atoms with E-state index in [2.05, 4.69) is 17.2 Å². The molecule has 26 heavy (non-hydrogen) atoms. The minimum absolute atomic E-state index is 0.0319. The SMILES string of the molecule is Cc1cc2cnn(C3CCCCO3)c2cc1C1CCN(C(=O)O)CC1O. The molecule has 4 rings (SSSR count). The summed E-state index contributed by atoms with van der Waals surface area (Å²) < 4.78 is 7.84. The number of ether oxygens (including phenoxy) is 1. The number of hydrogen-bond acceptors (Lipinski definition) is 4.